The van der Waals surface area contributed by atoms with E-state index in [-0.39, 0.29) is 39.1 Å². The standard InChI is InChI=1S/2C5H7NO3.Cd/c2*7-4-2-1-3(6-4)5(8)9;/h2*3H,1-2H2,(H,6,7)(H,8,9);/t2*3-;/m00./s1. The molecule has 4 N–H and O–H groups in total. The molecule has 9 heteroatoms. The molecule has 0 aromatic carbocycles. The van der Waals surface area contributed by atoms with Crippen molar-refractivity contribution in [1.82, 2.24) is 10.6 Å². The van der Waals surface area contributed by atoms with E-state index in [0.717, 1.165) is 0 Å². The van der Waals surface area contributed by atoms with E-state index in [1.165, 1.54) is 0 Å². The number of amides is 2. The monoisotopic (exact) mass is 372 g/mol. The molecule has 0 aliphatic carbocycles. The number of carboxylic acid groups (broad SMARTS) is 2. The Morgan fingerprint density at radius 1 is 0.895 bits per heavy atom. The molecule has 2 rings (SSSR count). The summed E-state index contributed by atoms with van der Waals surface area (Å²) in [5.74, 6) is -2.22. The van der Waals surface area contributed by atoms with E-state index in [9.17, 15) is 19.2 Å². The third-order valence-corrected chi connectivity index (χ3v) is 2.59. The number of carbonyl (C=O) groups excluding carboxylic acids is 2. The number of hydrogen-bond donors (Lipinski definition) is 4. The van der Waals surface area contributed by atoms with Crippen LogP contribution in [0.25, 0.3) is 0 Å². The van der Waals surface area contributed by atoms with Crippen LogP contribution in [0.3, 0.4) is 0 Å². The predicted molar refractivity (Wildman–Crippen MR) is 57.6 cm³/mol. The van der Waals surface area contributed by atoms with Crippen molar-refractivity contribution < 1.29 is 56.7 Å². The largest absolute Gasteiger partial charge is 0.480 e. The maximum Gasteiger partial charge on any atom is 0.326 e. The van der Waals surface area contributed by atoms with E-state index in [1.807, 2.05) is 0 Å². The molecule has 0 radical (unpaired) electrons. The van der Waals surface area contributed by atoms with Crippen molar-refractivity contribution in [3.8, 4) is 0 Å². The Bertz CT molecular complexity index is 350. The first kappa shape index (κ1) is 17.8. The Kier molecular flexibility index (Phi) is 7.56. The van der Waals surface area contributed by atoms with Crippen LogP contribution in [0.4, 0.5) is 0 Å². The van der Waals surface area contributed by atoms with Gasteiger partial charge in [-0.25, -0.2) is 9.59 Å². The topological polar surface area (TPSA) is 133 Å². The molecular weight excluding hydrogens is 357 g/mol. The van der Waals surface area contributed by atoms with Crippen LogP contribution in [0.5, 0.6) is 0 Å². The van der Waals surface area contributed by atoms with Crippen LogP contribution in [-0.2, 0) is 46.5 Å². The van der Waals surface area contributed by atoms with Crippen molar-refractivity contribution in [3.05, 3.63) is 0 Å². The molecule has 102 valence electrons. The molecule has 0 aromatic rings. The van der Waals surface area contributed by atoms with Gasteiger partial charge in [0.1, 0.15) is 12.1 Å². The second-order valence-electron chi connectivity index (χ2n) is 3.99. The summed E-state index contributed by atoms with van der Waals surface area (Å²) in [4.78, 5) is 41.0. The van der Waals surface area contributed by atoms with Crippen LogP contribution in [0.1, 0.15) is 25.7 Å². The molecule has 0 spiro atoms. The van der Waals surface area contributed by atoms with Crippen LogP contribution >= 0.6 is 0 Å². The zero-order chi connectivity index (χ0) is 13.7. The Labute approximate surface area is 129 Å². The number of nitrogens with one attached hydrogen (secondary N) is 2. The summed E-state index contributed by atoms with van der Waals surface area (Å²) in [6.07, 6.45) is 1.54. The summed E-state index contributed by atoms with van der Waals surface area (Å²) in [7, 11) is 0. The second-order valence-corrected chi connectivity index (χ2v) is 3.99. The third-order valence-electron chi connectivity index (χ3n) is 2.59. The number of carboxylic acids is 2. The fraction of sp³-hybridized carbons (Fsp3) is 0.600. The Hall–Kier alpha value is -1.20. The zero-order valence-electron chi connectivity index (χ0n) is 10.2. The van der Waals surface area contributed by atoms with Crippen LogP contribution in [-0.4, -0.2) is 46.0 Å². The molecule has 0 aromatic heterocycles. The van der Waals surface area contributed by atoms with Gasteiger partial charge < -0.3 is 20.8 Å². The van der Waals surface area contributed by atoms with Gasteiger partial charge in [0.25, 0.3) is 0 Å². The van der Waals surface area contributed by atoms with E-state index >= 15 is 0 Å². The number of carbonyl (C=O) groups is 4. The molecule has 0 unspecified atom stereocenters. The minimum Gasteiger partial charge on any atom is -0.480 e. The van der Waals surface area contributed by atoms with E-state index < -0.39 is 24.0 Å². The second kappa shape index (κ2) is 8.07. The molecule has 2 saturated heterocycles. The van der Waals surface area contributed by atoms with Crippen LogP contribution in [0.2, 0.25) is 0 Å². The third kappa shape index (κ3) is 5.98. The van der Waals surface area contributed by atoms with Gasteiger partial charge in [-0.2, -0.15) is 0 Å². The fourth-order valence-corrected chi connectivity index (χ4v) is 1.60. The molecule has 2 amide bonds. The van der Waals surface area contributed by atoms with Gasteiger partial charge in [0.15, 0.2) is 0 Å². The summed E-state index contributed by atoms with van der Waals surface area (Å²) < 4.78 is 0. The van der Waals surface area contributed by atoms with E-state index in [2.05, 4.69) is 10.6 Å². The first-order chi connectivity index (χ1) is 8.40. The first-order valence-corrected chi connectivity index (χ1v) is 5.44. The average molecular weight is 371 g/mol. The van der Waals surface area contributed by atoms with E-state index in [4.69, 9.17) is 10.2 Å². The minimum absolute atomic E-state index is 0. The van der Waals surface area contributed by atoms with Crippen molar-refractivity contribution in [2.45, 2.75) is 37.8 Å². The van der Waals surface area contributed by atoms with Gasteiger partial charge >= 0.3 is 11.9 Å². The van der Waals surface area contributed by atoms with Crippen LogP contribution in [0.15, 0.2) is 0 Å². The van der Waals surface area contributed by atoms with Crippen molar-refractivity contribution in [2.24, 2.45) is 0 Å². The van der Waals surface area contributed by atoms with Gasteiger partial charge in [-0.1, -0.05) is 0 Å². The zero-order valence-corrected chi connectivity index (χ0v) is 14.3. The molecule has 19 heavy (non-hydrogen) atoms. The van der Waals surface area contributed by atoms with Gasteiger partial charge in [0.2, 0.25) is 11.8 Å². The Balaban J connectivity index is 0.000000324. The van der Waals surface area contributed by atoms with Gasteiger partial charge in [0, 0.05) is 40.1 Å². The van der Waals surface area contributed by atoms with Crippen molar-refractivity contribution >= 4 is 23.8 Å². The number of rotatable bonds is 2. The molecule has 0 bridgehead atoms. The summed E-state index contributed by atoms with van der Waals surface area (Å²) in [5, 5.41) is 21.3. The molecular formula is C10H14CdN2O6. The minimum atomic E-state index is -0.944. The van der Waals surface area contributed by atoms with Crippen LogP contribution < -0.4 is 10.6 Å². The number of aliphatic carboxylic acids is 2. The molecule has 0 saturated carbocycles. The number of hydrogen-bond acceptors (Lipinski definition) is 4. The molecule has 8 nitrogen and oxygen atoms in total. The smallest absolute Gasteiger partial charge is 0.326 e. The van der Waals surface area contributed by atoms with Gasteiger partial charge in [-0.3, -0.25) is 9.59 Å². The van der Waals surface area contributed by atoms with Crippen molar-refractivity contribution in [2.75, 3.05) is 0 Å². The Morgan fingerprint density at radius 3 is 1.32 bits per heavy atom. The Morgan fingerprint density at radius 2 is 1.21 bits per heavy atom. The van der Waals surface area contributed by atoms with E-state index in [0.29, 0.717) is 25.7 Å². The predicted octanol–water partition coefficient (Wildman–Crippen LogP) is -1.30. The molecule has 2 heterocycles. The maximum atomic E-state index is 10.4. The molecule has 2 aliphatic rings. The molecule has 2 atom stereocenters. The summed E-state index contributed by atoms with van der Waals surface area (Å²) in [5.41, 5.74) is 0. The summed E-state index contributed by atoms with van der Waals surface area (Å²) in [6, 6.07) is -1.28. The average Bonchev–Trinajstić information content (AvgIpc) is 2.88. The van der Waals surface area contributed by atoms with Crippen molar-refractivity contribution in [1.29, 1.82) is 0 Å². The van der Waals surface area contributed by atoms with Crippen LogP contribution in [0, 0.1) is 0 Å². The van der Waals surface area contributed by atoms with Gasteiger partial charge in [-0.05, 0) is 12.8 Å². The van der Waals surface area contributed by atoms with Gasteiger partial charge in [0.05, 0.1) is 0 Å². The normalized spacial score (nSPS) is 24.4. The van der Waals surface area contributed by atoms with E-state index in [1.54, 1.807) is 0 Å². The molecule has 2 fully saturated rings. The molecule has 2 aliphatic heterocycles. The maximum absolute atomic E-state index is 10.4. The quantitative estimate of drug-likeness (QED) is 0.446. The summed E-state index contributed by atoms with van der Waals surface area (Å²) in [6.45, 7) is 0. The summed E-state index contributed by atoms with van der Waals surface area (Å²) >= 11 is 0. The fourth-order valence-electron chi connectivity index (χ4n) is 1.60. The van der Waals surface area contributed by atoms with Crippen molar-refractivity contribution in [3.63, 3.8) is 0 Å². The van der Waals surface area contributed by atoms with Gasteiger partial charge in [-0.15, -0.1) is 0 Å². The SMILES string of the molecule is O=C1CC[C@@H](C(=O)O)N1.O=C1CC[C@@H](C(=O)O)N1.[Cd]. The first-order valence-electron chi connectivity index (χ1n) is 5.44.